The highest BCUT2D eigenvalue weighted by Crippen LogP contribution is 2.30. The van der Waals surface area contributed by atoms with Gasteiger partial charge in [0.15, 0.2) is 12.0 Å². The second-order valence-electron chi connectivity index (χ2n) is 2.42. The monoisotopic (exact) mass is 204 g/mol. The third kappa shape index (κ3) is 2.28. The van der Waals surface area contributed by atoms with E-state index in [2.05, 4.69) is 12.6 Å². The topological polar surface area (TPSA) is 0 Å². The second-order valence-corrected chi connectivity index (χ2v) is 2.90. The predicted octanol–water partition coefficient (Wildman–Crippen LogP) is 3.77. The molecule has 0 saturated carbocycles. The molecule has 1 unspecified atom stereocenters. The third-order valence-corrected chi connectivity index (χ3v) is 1.96. The van der Waals surface area contributed by atoms with E-state index in [9.17, 15) is 13.2 Å². The lowest BCUT2D eigenvalue weighted by Crippen LogP contribution is -1.93. The van der Waals surface area contributed by atoms with Gasteiger partial charge in [0, 0.05) is 10.5 Å². The van der Waals surface area contributed by atoms with Crippen LogP contribution in [0.4, 0.5) is 13.2 Å². The van der Waals surface area contributed by atoms with Gasteiger partial charge in [-0.15, -0.1) is 12.6 Å². The molecule has 0 nitrogen and oxygen atoms in total. The van der Waals surface area contributed by atoms with Crippen LogP contribution in [0.1, 0.15) is 11.7 Å². The first-order valence-corrected chi connectivity index (χ1v) is 3.99. The standard InChI is InChI=1S/C9H7F3S/c10-5-7(11)9(12)6-3-1-2-4-8(6)13/h1-5,9,13H. The van der Waals surface area contributed by atoms with Crippen molar-refractivity contribution in [3.8, 4) is 0 Å². The van der Waals surface area contributed by atoms with Crippen molar-refractivity contribution in [2.24, 2.45) is 0 Å². The van der Waals surface area contributed by atoms with Crippen LogP contribution in [0.25, 0.3) is 0 Å². The Bertz CT molecular complexity index is 322. The molecular formula is C9H7F3S. The minimum Gasteiger partial charge on any atom is -0.234 e. The molecular weight excluding hydrogens is 197 g/mol. The lowest BCUT2D eigenvalue weighted by Gasteiger charge is -2.07. The smallest absolute Gasteiger partial charge is 0.180 e. The first-order valence-electron chi connectivity index (χ1n) is 3.54. The summed E-state index contributed by atoms with van der Waals surface area (Å²) in [4.78, 5) is 0.298. The highest BCUT2D eigenvalue weighted by Gasteiger charge is 2.17. The summed E-state index contributed by atoms with van der Waals surface area (Å²) in [5, 5.41) is 0. The van der Waals surface area contributed by atoms with E-state index in [0.717, 1.165) is 0 Å². The fourth-order valence-electron chi connectivity index (χ4n) is 0.906. The zero-order valence-electron chi connectivity index (χ0n) is 6.55. The molecule has 0 aliphatic heterocycles. The van der Waals surface area contributed by atoms with E-state index in [0.29, 0.717) is 4.90 Å². The highest BCUT2D eigenvalue weighted by atomic mass is 32.1. The number of hydrogen-bond donors (Lipinski definition) is 1. The van der Waals surface area contributed by atoms with Crippen molar-refractivity contribution in [1.82, 2.24) is 0 Å². The number of alkyl halides is 1. The molecule has 0 N–H and O–H groups in total. The average molecular weight is 204 g/mol. The summed E-state index contributed by atoms with van der Waals surface area (Å²) in [7, 11) is 0. The van der Waals surface area contributed by atoms with E-state index in [1.807, 2.05) is 0 Å². The summed E-state index contributed by atoms with van der Waals surface area (Å²) >= 11 is 3.91. The molecule has 0 heterocycles. The first kappa shape index (κ1) is 10.2. The Balaban J connectivity index is 3.02. The van der Waals surface area contributed by atoms with Gasteiger partial charge in [-0.1, -0.05) is 18.2 Å². The molecule has 1 rings (SSSR count). The van der Waals surface area contributed by atoms with E-state index in [-0.39, 0.29) is 11.9 Å². The molecule has 0 aromatic heterocycles. The van der Waals surface area contributed by atoms with Crippen molar-refractivity contribution in [2.45, 2.75) is 11.1 Å². The minimum absolute atomic E-state index is 0.0252. The molecule has 0 saturated heterocycles. The Hall–Kier alpha value is -0.900. The van der Waals surface area contributed by atoms with Gasteiger partial charge in [0.25, 0.3) is 0 Å². The molecule has 1 atom stereocenters. The van der Waals surface area contributed by atoms with Gasteiger partial charge in [-0.3, -0.25) is 0 Å². The van der Waals surface area contributed by atoms with Gasteiger partial charge in [-0.2, -0.15) is 0 Å². The summed E-state index contributed by atoms with van der Waals surface area (Å²) in [5.74, 6) is -1.44. The summed E-state index contributed by atoms with van der Waals surface area (Å²) < 4.78 is 37.2. The Labute approximate surface area is 79.5 Å². The van der Waals surface area contributed by atoms with Crippen LogP contribution >= 0.6 is 12.6 Å². The SMILES string of the molecule is FC=C(F)C(F)c1ccccc1S. The van der Waals surface area contributed by atoms with Crippen molar-refractivity contribution in [1.29, 1.82) is 0 Å². The van der Waals surface area contributed by atoms with Crippen molar-refractivity contribution < 1.29 is 13.2 Å². The fourth-order valence-corrected chi connectivity index (χ4v) is 1.18. The fraction of sp³-hybridized carbons (Fsp3) is 0.111. The molecule has 4 heteroatoms. The lowest BCUT2D eigenvalue weighted by molar-refractivity contribution is 0.323. The quantitative estimate of drug-likeness (QED) is 0.696. The molecule has 0 aliphatic carbocycles. The Kier molecular flexibility index (Phi) is 3.42. The molecule has 1 aromatic rings. The van der Waals surface area contributed by atoms with Crippen molar-refractivity contribution in [3.05, 3.63) is 42.0 Å². The van der Waals surface area contributed by atoms with Crippen LogP contribution in [0.5, 0.6) is 0 Å². The molecule has 70 valence electrons. The molecule has 13 heavy (non-hydrogen) atoms. The van der Waals surface area contributed by atoms with Crippen LogP contribution in [0.2, 0.25) is 0 Å². The van der Waals surface area contributed by atoms with E-state index in [1.165, 1.54) is 18.2 Å². The van der Waals surface area contributed by atoms with E-state index in [1.54, 1.807) is 6.07 Å². The Morgan fingerprint density at radius 3 is 2.54 bits per heavy atom. The summed E-state index contributed by atoms with van der Waals surface area (Å²) in [6, 6.07) is 6.04. The number of hydrogen-bond acceptors (Lipinski definition) is 1. The summed E-state index contributed by atoms with van der Waals surface area (Å²) in [5.41, 5.74) is 0.0252. The van der Waals surface area contributed by atoms with Crippen molar-refractivity contribution in [3.63, 3.8) is 0 Å². The number of thiol groups is 1. The van der Waals surface area contributed by atoms with Gasteiger partial charge >= 0.3 is 0 Å². The molecule has 0 bridgehead atoms. The maximum absolute atomic E-state index is 13.1. The molecule has 0 aliphatic rings. The van der Waals surface area contributed by atoms with E-state index >= 15 is 0 Å². The molecule has 0 amide bonds. The summed E-state index contributed by atoms with van der Waals surface area (Å²) in [6.07, 6.45) is -2.45. The maximum Gasteiger partial charge on any atom is 0.180 e. The second kappa shape index (κ2) is 4.37. The average Bonchev–Trinajstić information content (AvgIpc) is 2.16. The Morgan fingerprint density at radius 1 is 1.38 bits per heavy atom. The van der Waals surface area contributed by atoms with Gasteiger partial charge in [0.2, 0.25) is 0 Å². The van der Waals surface area contributed by atoms with Gasteiger partial charge in [-0.25, -0.2) is 13.2 Å². The Morgan fingerprint density at radius 2 is 2.00 bits per heavy atom. The van der Waals surface area contributed by atoms with Crippen molar-refractivity contribution >= 4 is 12.6 Å². The van der Waals surface area contributed by atoms with E-state index < -0.39 is 12.0 Å². The number of halogens is 3. The first-order chi connectivity index (χ1) is 6.16. The lowest BCUT2D eigenvalue weighted by atomic mass is 10.1. The highest BCUT2D eigenvalue weighted by molar-refractivity contribution is 7.80. The zero-order chi connectivity index (χ0) is 9.84. The number of benzene rings is 1. The predicted molar refractivity (Wildman–Crippen MR) is 47.8 cm³/mol. The van der Waals surface area contributed by atoms with Gasteiger partial charge in [0.1, 0.15) is 6.33 Å². The zero-order valence-corrected chi connectivity index (χ0v) is 7.44. The molecule has 0 radical (unpaired) electrons. The van der Waals surface area contributed by atoms with Crippen molar-refractivity contribution in [2.75, 3.05) is 0 Å². The van der Waals surface area contributed by atoms with Crippen LogP contribution in [0, 0.1) is 0 Å². The van der Waals surface area contributed by atoms with Gasteiger partial charge < -0.3 is 0 Å². The molecule has 0 spiro atoms. The third-order valence-electron chi connectivity index (χ3n) is 1.56. The van der Waals surface area contributed by atoms with Gasteiger partial charge in [0.05, 0.1) is 0 Å². The van der Waals surface area contributed by atoms with Crippen LogP contribution in [-0.4, -0.2) is 0 Å². The van der Waals surface area contributed by atoms with Gasteiger partial charge in [-0.05, 0) is 6.07 Å². The number of rotatable bonds is 2. The largest absolute Gasteiger partial charge is 0.234 e. The van der Waals surface area contributed by atoms with Crippen LogP contribution in [0.15, 0.2) is 41.3 Å². The normalized spacial score (nSPS) is 14.3. The minimum atomic E-state index is -2.07. The van der Waals surface area contributed by atoms with Crippen LogP contribution < -0.4 is 0 Å². The molecule has 0 fully saturated rings. The number of allylic oxidation sites excluding steroid dienone is 1. The maximum atomic E-state index is 13.1. The van der Waals surface area contributed by atoms with E-state index in [4.69, 9.17) is 0 Å². The summed E-state index contributed by atoms with van der Waals surface area (Å²) in [6.45, 7) is 0. The van der Waals surface area contributed by atoms with Crippen LogP contribution in [0.3, 0.4) is 0 Å². The van der Waals surface area contributed by atoms with Crippen LogP contribution in [-0.2, 0) is 0 Å². The molecule has 1 aromatic carbocycles.